The molecule has 1 saturated heterocycles. The number of aliphatic hydroxyl groups is 1. The van der Waals surface area contributed by atoms with Crippen molar-refractivity contribution in [2.75, 3.05) is 40.0 Å². The van der Waals surface area contributed by atoms with Crippen LogP contribution in [-0.2, 0) is 4.74 Å². The summed E-state index contributed by atoms with van der Waals surface area (Å²) in [6.45, 7) is 7.08. The quantitative estimate of drug-likeness (QED) is 0.906. The summed E-state index contributed by atoms with van der Waals surface area (Å²) in [5.41, 5.74) is 4.26. The van der Waals surface area contributed by atoms with Crippen molar-refractivity contribution in [1.29, 1.82) is 0 Å². The fraction of sp³-hybridized carbons (Fsp3) is 0.500. The zero-order valence-corrected chi connectivity index (χ0v) is 14.5. The largest absolute Gasteiger partial charge is 0.497 e. The van der Waals surface area contributed by atoms with Gasteiger partial charge in [-0.1, -0.05) is 6.07 Å². The molecule has 1 N–H and O–H groups in total. The van der Waals surface area contributed by atoms with Gasteiger partial charge >= 0.3 is 0 Å². The molecule has 0 saturated carbocycles. The van der Waals surface area contributed by atoms with Gasteiger partial charge in [-0.3, -0.25) is 4.90 Å². The Balaban J connectivity index is 1.99. The van der Waals surface area contributed by atoms with E-state index in [-0.39, 0.29) is 12.6 Å². The van der Waals surface area contributed by atoms with Crippen LogP contribution in [0.15, 0.2) is 24.3 Å². The Labute approximate surface area is 142 Å². The second-order valence-electron chi connectivity index (χ2n) is 6.05. The van der Waals surface area contributed by atoms with Crippen molar-refractivity contribution in [3.8, 4) is 11.4 Å². The molecular formula is C18H25N3O3. The highest BCUT2D eigenvalue weighted by atomic mass is 16.5. The summed E-state index contributed by atoms with van der Waals surface area (Å²) in [6.07, 6.45) is 0. The van der Waals surface area contributed by atoms with Crippen LogP contribution < -0.4 is 4.74 Å². The highest BCUT2D eigenvalue weighted by molar-refractivity contribution is 5.42. The number of ether oxygens (including phenoxy) is 2. The number of nitrogens with zero attached hydrogens (tertiary/aromatic N) is 3. The third-order valence-electron chi connectivity index (χ3n) is 4.60. The van der Waals surface area contributed by atoms with E-state index in [1.54, 1.807) is 7.11 Å². The van der Waals surface area contributed by atoms with Crippen molar-refractivity contribution < 1.29 is 14.6 Å². The van der Waals surface area contributed by atoms with Crippen LogP contribution in [0.1, 0.15) is 23.0 Å². The van der Waals surface area contributed by atoms with Gasteiger partial charge in [0.25, 0.3) is 0 Å². The second-order valence-corrected chi connectivity index (χ2v) is 6.05. The molecule has 2 heterocycles. The van der Waals surface area contributed by atoms with Crippen LogP contribution in [0.2, 0.25) is 0 Å². The minimum atomic E-state index is 0.130. The maximum absolute atomic E-state index is 9.35. The van der Waals surface area contributed by atoms with Crippen LogP contribution in [0.25, 0.3) is 5.69 Å². The Hall–Kier alpha value is -1.89. The van der Waals surface area contributed by atoms with Crippen LogP contribution in [0, 0.1) is 13.8 Å². The summed E-state index contributed by atoms with van der Waals surface area (Å²) in [7, 11) is 1.66. The highest BCUT2D eigenvalue weighted by Gasteiger charge is 2.29. The van der Waals surface area contributed by atoms with Crippen LogP contribution in [0.3, 0.4) is 0 Å². The average Bonchev–Trinajstić information content (AvgIpc) is 2.90. The number of morpholine rings is 1. The van der Waals surface area contributed by atoms with Gasteiger partial charge in [-0.05, 0) is 26.0 Å². The zero-order valence-electron chi connectivity index (χ0n) is 14.5. The molecule has 2 aromatic rings. The van der Waals surface area contributed by atoms with E-state index in [0.29, 0.717) is 19.8 Å². The first-order chi connectivity index (χ1) is 11.7. The first-order valence-electron chi connectivity index (χ1n) is 8.29. The third kappa shape index (κ3) is 3.17. The van der Waals surface area contributed by atoms with Gasteiger partial charge in [-0.25, -0.2) is 4.68 Å². The Kier molecular flexibility index (Phi) is 5.18. The number of aryl methyl sites for hydroxylation is 1. The molecule has 0 spiro atoms. The van der Waals surface area contributed by atoms with Crippen molar-refractivity contribution in [2.45, 2.75) is 19.9 Å². The molecule has 24 heavy (non-hydrogen) atoms. The lowest BCUT2D eigenvalue weighted by molar-refractivity contribution is -0.0150. The van der Waals surface area contributed by atoms with Gasteiger partial charge < -0.3 is 14.6 Å². The Morgan fingerprint density at radius 2 is 2.21 bits per heavy atom. The van der Waals surface area contributed by atoms with E-state index in [9.17, 15) is 5.11 Å². The molecule has 1 aromatic carbocycles. The first kappa shape index (κ1) is 17.0. The first-order valence-corrected chi connectivity index (χ1v) is 8.29. The number of aliphatic hydroxyl groups excluding tert-OH is 1. The molecule has 1 fully saturated rings. The zero-order chi connectivity index (χ0) is 17.1. The summed E-state index contributed by atoms with van der Waals surface area (Å²) < 4.78 is 13.0. The molecule has 1 atom stereocenters. The van der Waals surface area contributed by atoms with Gasteiger partial charge in [0, 0.05) is 30.4 Å². The maximum Gasteiger partial charge on any atom is 0.121 e. The van der Waals surface area contributed by atoms with Crippen molar-refractivity contribution >= 4 is 0 Å². The van der Waals surface area contributed by atoms with Gasteiger partial charge in [-0.15, -0.1) is 0 Å². The van der Waals surface area contributed by atoms with Gasteiger partial charge in [-0.2, -0.15) is 5.10 Å². The molecule has 1 aliphatic rings. The number of benzene rings is 1. The number of rotatable bonds is 5. The third-order valence-corrected chi connectivity index (χ3v) is 4.60. The molecule has 0 amide bonds. The monoisotopic (exact) mass is 331 g/mol. The number of aromatic nitrogens is 2. The number of hydrogen-bond donors (Lipinski definition) is 1. The maximum atomic E-state index is 9.35. The van der Waals surface area contributed by atoms with E-state index in [1.807, 2.05) is 35.9 Å². The molecule has 1 aromatic heterocycles. The van der Waals surface area contributed by atoms with E-state index >= 15 is 0 Å². The fourth-order valence-electron chi connectivity index (χ4n) is 3.43. The van der Waals surface area contributed by atoms with Crippen LogP contribution in [0.4, 0.5) is 0 Å². The Bertz CT molecular complexity index is 697. The molecule has 1 unspecified atom stereocenters. The van der Waals surface area contributed by atoms with Crippen LogP contribution >= 0.6 is 0 Å². The van der Waals surface area contributed by atoms with Crippen LogP contribution in [0.5, 0.6) is 5.75 Å². The molecule has 6 heteroatoms. The van der Waals surface area contributed by atoms with E-state index in [2.05, 4.69) is 11.8 Å². The van der Waals surface area contributed by atoms with Crippen molar-refractivity contribution in [3.05, 3.63) is 41.2 Å². The lowest BCUT2D eigenvalue weighted by atomic mass is 10.0. The number of hydrogen-bond acceptors (Lipinski definition) is 5. The summed E-state index contributed by atoms with van der Waals surface area (Å²) in [6, 6.07) is 8.02. The van der Waals surface area contributed by atoms with Crippen LogP contribution in [-0.4, -0.2) is 59.8 Å². The lowest BCUT2D eigenvalue weighted by Crippen LogP contribution is -2.41. The minimum Gasteiger partial charge on any atom is -0.497 e. The standard InChI is InChI=1S/C18H25N3O3/c1-13-18(17-12-24-10-8-20(17)7-9-22)14(2)21(19-13)15-5-4-6-16(11-15)23-3/h4-6,11,17,22H,7-10,12H2,1-3H3. The molecule has 0 radical (unpaired) electrons. The van der Waals surface area contributed by atoms with E-state index in [0.717, 1.165) is 29.4 Å². The molecule has 130 valence electrons. The second kappa shape index (κ2) is 7.34. The van der Waals surface area contributed by atoms with Crippen molar-refractivity contribution in [2.24, 2.45) is 0 Å². The minimum absolute atomic E-state index is 0.130. The van der Waals surface area contributed by atoms with Crippen molar-refractivity contribution in [1.82, 2.24) is 14.7 Å². The Morgan fingerprint density at radius 3 is 2.96 bits per heavy atom. The summed E-state index contributed by atoms with van der Waals surface area (Å²) in [5, 5.41) is 14.1. The number of methoxy groups -OCH3 is 1. The average molecular weight is 331 g/mol. The van der Waals surface area contributed by atoms with Gasteiger partial charge in [0.2, 0.25) is 0 Å². The predicted octanol–water partition coefficient (Wildman–Crippen LogP) is 1.86. The topological polar surface area (TPSA) is 59.8 Å². The SMILES string of the molecule is COc1cccc(-n2nc(C)c(C3COCCN3CCO)c2C)c1. The number of β-amino-alcohol motifs (C(OH)–C–C–N with tert-alkyl or cyclic N) is 1. The van der Waals surface area contributed by atoms with Gasteiger partial charge in [0.05, 0.1) is 44.4 Å². The van der Waals surface area contributed by atoms with Gasteiger partial charge in [0.15, 0.2) is 0 Å². The summed E-state index contributed by atoms with van der Waals surface area (Å²) in [5.74, 6) is 0.810. The van der Waals surface area contributed by atoms with E-state index in [1.165, 1.54) is 5.56 Å². The highest BCUT2D eigenvalue weighted by Crippen LogP contribution is 2.31. The molecule has 0 aliphatic carbocycles. The van der Waals surface area contributed by atoms with E-state index < -0.39 is 0 Å². The predicted molar refractivity (Wildman–Crippen MR) is 91.8 cm³/mol. The Morgan fingerprint density at radius 1 is 1.38 bits per heavy atom. The van der Waals surface area contributed by atoms with Crippen molar-refractivity contribution in [3.63, 3.8) is 0 Å². The molecule has 0 bridgehead atoms. The molecule has 3 rings (SSSR count). The normalized spacial score (nSPS) is 18.8. The fourth-order valence-corrected chi connectivity index (χ4v) is 3.43. The van der Waals surface area contributed by atoms with E-state index in [4.69, 9.17) is 14.6 Å². The lowest BCUT2D eigenvalue weighted by Gasteiger charge is -2.35. The smallest absolute Gasteiger partial charge is 0.121 e. The summed E-state index contributed by atoms with van der Waals surface area (Å²) in [4.78, 5) is 2.27. The summed E-state index contributed by atoms with van der Waals surface area (Å²) >= 11 is 0. The molecule has 1 aliphatic heterocycles. The molecule has 6 nitrogen and oxygen atoms in total. The van der Waals surface area contributed by atoms with Gasteiger partial charge in [0.1, 0.15) is 5.75 Å². The molecular weight excluding hydrogens is 306 g/mol.